The van der Waals surface area contributed by atoms with E-state index in [4.69, 9.17) is 0 Å². The van der Waals surface area contributed by atoms with Gasteiger partial charge in [-0.15, -0.1) is 0 Å². The molecular weight excluding hydrogens is 300 g/mol. The predicted molar refractivity (Wildman–Crippen MR) is 94.4 cm³/mol. The lowest BCUT2D eigenvalue weighted by molar-refractivity contribution is -0.136. The van der Waals surface area contributed by atoms with Crippen LogP contribution in [0.4, 0.5) is 0 Å². The largest absolute Gasteiger partial charge is 0.349 e. The fourth-order valence-corrected chi connectivity index (χ4v) is 3.32. The van der Waals surface area contributed by atoms with Crippen LogP contribution in [0.15, 0.2) is 24.3 Å². The van der Waals surface area contributed by atoms with Crippen molar-refractivity contribution >= 4 is 11.8 Å². The Kier molecular flexibility index (Phi) is 5.22. The standard InChI is InChI=1S/C20H28N2O2/c1-14-6-10-17(11-7-14)19(21-15(2)23)12-20(24)22(13-16-8-9-16)18-4-3-5-18/h6-7,10-11,16,18-19H,3-5,8-9,12-13H2,1-2H3,(H,21,23). The minimum absolute atomic E-state index is 0.0919. The van der Waals surface area contributed by atoms with Crippen molar-refractivity contribution in [2.45, 2.75) is 64.5 Å². The highest BCUT2D eigenvalue weighted by molar-refractivity contribution is 5.79. The van der Waals surface area contributed by atoms with Crippen molar-refractivity contribution in [3.63, 3.8) is 0 Å². The molecule has 1 N–H and O–H groups in total. The number of amides is 2. The molecule has 4 nitrogen and oxygen atoms in total. The molecule has 0 saturated heterocycles. The Morgan fingerprint density at radius 3 is 2.33 bits per heavy atom. The second kappa shape index (κ2) is 7.37. The van der Waals surface area contributed by atoms with E-state index in [2.05, 4.69) is 10.2 Å². The summed E-state index contributed by atoms with van der Waals surface area (Å²) in [5.74, 6) is 0.796. The van der Waals surface area contributed by atoms with Crippen LogP contribution in [0, 0.1) is 12.8 Å². The number of rotatable bonds is 7. The summed E-state index contributed by atoms with van der Waals surface area (Å²) >= 11 is 0. The monoisotopic (exact) mass is 328 g/mol. The molecule has 3 rings (SSSR count). The Labute approximate surface area is 144 Å². The van der Waals surface area contributed by atoms with Crippen LogP contribution in [0.25, 0.3) is 0 Å². The normalized spacial score (nSPS) is 18.6. The summed E-state index contributed by atoms with van der Waals surface area (Å²) in [6.45, 7) is 4.46. The molecule has 0 aliphatic heterocycles. The first-order chi connectivity index (χ1) is 11.5. The van der Waals surface area contributed by atoms with Crippen LogP contribution < -0.4 is 5.32 Å². The van der Waals surface area contributed by atoms with Gasteiger partial charge in [-0.3, -0.25) is 9.59 Å². The van der Waals surface area contributed by atoms with Gasteiger partial charge in [0.25, 0.3) is 0 Å². The number of nitrogens with zero attached hydrogens (tertiary/aromatic N) is 1. The average molecular weight is 328 g/mol. The molecule has 0 spiro atoms. The van der Waals surface area contributed by atoms with Gasteiger partial charge in [-0.1, -0.05) is 29.8 Å². The van der Waals surface area contributed by atoms with Crippen LogP contribution in [0.3, 0.4) is 0 Å². The van der Waals surface area contributed by atoms with Crippen molar-refractivity contribution < 1.29 is 9.59 Å². The van der Waals surface area contributed by atoms with E-state index in [0.29, 0.717) is 18.4 Å². The van der Waals surface area contributed by atoms with Crippen molar-refractivity contribution in [1.82, 2.24) is 10.2 Å². The van der Waals surface area contributed by atoms with Crippen LogP contribution in [-0.2, 0) is 9.59 Å². The van der Waals surface area contributed by atoms with Crippen LogP contribution >= 0.6 is 0 Å². The number of carbonyl (C=O) groups excluding carboxylic acids is 2. The fourth-order valence-electron chi connectivity index (χ4n) is 3.32. The summed E-state index contributed by atoms with van der Waals surface area (Å²) in [5, 5.41) is 2.96. The minimum Gasteiger partial charge on any atom is -0.349 e. The zero-order chi connectivity index (χ0) is 17.1. The van der Waals surface area contributed by atoms with E-state index in [1.807, 2.05) is 31.2 Å². The Morgan fingerprint density at radius 2 is 1.83 bits per heavy atom. The average Bonchev–Trinajstić information content (AvgIpc) is 3.28. The van der Waals surface area contributed by atoms with E-state index in [0.717, 1.165) is 24.9 Å². The highest BCUT2D eigenvalue weighted by atomic mass is 16.2. The smallest absolute Gasteiger partial charge is 0.225 e. The van der Waals surface area contributed by atoms with Gasteiger partial charge in [0, 0.05) is 19.5 Å². The van der Waals surface area contributed by atoms with E-state index in [-0.39, 0.29) is 17.9 Å². The van der Waals surface area contributed by atoms with Crippen molar-refractivity contribution in [1.29, 1.82) is 0 Å². The zero-order valence-electron chi connectivity index (χ0n) is 14.8. The lowest BCUT2D eigenvalue weighted by Crippen LogP contribution is -2.46. The lowest BCUT2D eigenvalue weighted by Gasteiger charge is -2.38. The van der Waals surface area contributed by atoms with Crippen molar-refractivity contribution in [3.8, 4) is 0 Å². The van der Waals surface area contributed by atoms with Crippen LogP contribution in [-0.4, -0.2) is 29.3 Å². The van der Waals surface area contributed by atoms with Crippen LogP contribution in [0.2, 0.25) is 0 Å². The van der Waals surface area contributed by atoms with Gasteiger partial charge in [-0.05, 0) is 50.5 Å². The predicted octanol–water partition coefficient (Wildman–Crippen LogP) is 3.35. The summed E-state index contributed by atoms with van der Waals surface area (Å²) in [7, 11) is 0. The first kappa shape index (κ1) is 17.0. The van der Waals surface area contributed by atoms with Crippen molar-refractivity contribution in [2.75, 3.05) is 6.54 Å². The first-order valence-electron chi connectivity index (χ1n) is 9.16. The zero-order valence-corrected chi connectivity index (χ0v) is 14.8. The molecule has 2 saturated carbocycles. The number of hydrogen-bond acceptors (Lipinski definition) is 2. The molecule has 24 heavy (non-hydrogen) atoms. The van der Waals surface area contributed by atoms with Gasteiger partial charge < -0.3 is 10.2 Å². The van der Waals surface area contributed by atoms with Gasteiger partial charge >= 0.3 is 0 Å². The molecule has 130 valence electrons. The molecule has 4 heteroatoms. The van der Waals surface area contributed by atoms with Gasteiger partial charge in [0.15, 0.2) is 0 Å². The molecule has 2 aliphatic rings. The molecule has 1 aromatic rings. The lowest BCUT2D eigenvalue weighted by atomic mass is 9.90. The second-order valence-corrected chi connectivity index (χ2v) is 7.44. The number of aryl methyl sites for hydroxylation is 1. The van der Waals surface area contributed by atoms with Crippen LogP contribution in [0.1, 0.15) is 62.6 Å². The molecule has 2 aliphatic carbocycles. The summed E-state index contributed by atoms with van der Waals surface area (Å²) in [5.41, 5.74) is 2.18. The SMILES string of the molecule is CC(=O)NC(CC(=O)N(CC1CC1)C1CCC1)c1ccc(C)cc1. The molecule has 0 radical (unpaired) electrons. The molecule has 1 atom stereocenters. The molecule has 1 unspecified atom stereocenters. The maximum absolute atomic E-state index is 12.9. The highest BCUT2D eigenvalue weighted by Crippen LogP contribution is 2.34. The van der Waals surface area contributed by atoms with E-state index in [1.54, 1.807) is 0 Å². The maximum atomic E-state index is 12.9. The summed E-state index contributed by atoms with van der Waals surface area (Å²) in [6.07, 6.45) is 6.35. The fraction of sp³-hybridized carbons (Fsp3) is 0.600. The Bertz CT molecular complexity index is 588. The molecular formula is C20H28N2O2. The molecule has 1 aromatic carbocycles. The molecule has 0 bridgehead atoms. The third kappa shape index (κ3) is 4.37. The second-order valence-electron chi connectivity index (χ2n) is 7.44. The molecule has 2 fully saturated rings. The number of carbonyl (C=O) groups is 2. The Hall–Kier alpha value is -1.84. The third-order valence-electron chi connectivity index (χ3n) is 5.22. The van der Waals surface area contributed by atoms with E-state index in [1.165, 1.54) is 31.7 Å². The van der Waals surface area contributed by atoms with E-state index in [9.17, 15) is 9.59 Å². The Morgan fingerprint density at radius 1 is 1.17 bits per heavy atom. The maximum Gasteiger partial charge on any atom is 0.225 e. The van der Waals surface area contributed by atoms with Crippen LogP contribution in [0.5, 0.6) is 0 Å². The first-order valence-corrected chi connectivity index (χ1v) is 9.16. The minimum atomic E-state index is -0.239. The molecule has 0 heterocycles. The van der Waals surface area contributed by atoms with Crippen molar-refractivity contribution in [3.05, 3.63) is 35.4 Å². The number of benzene rings is 1. The quantitative estimate of drug-likeness (QED) is 0.834. The van der Waals surface area contributed by atoms with E-state index < -0.39 is 0 Å². The molecule has 2 amide bonds. The number of hydrogen-bond donors (Lipinski definition) is 1. The van der Waals surface area contributed by atoms with Gasteiger partial charge in [0.05, 0.1) is 12.5 Å². The molecule has 0 aromatic heterocycles. The van der Waals surface area contributed by atoms with Gasteiger partial charge in [-0.2, -0.15) is 0 Å². The highest BCUT2D eigenvalue weighted by Gasteiger charge is 2.34. The summed E-state index contributed by atoms with van der Waals surface area (Å²) in [6, 6.07) is 8.27. The van der Waals surface area contributed by atoms with Gasteiger partial charge in [0.1, 0.15) is 0 Å². The van der Waals surface area contributed by atoms with Crippen molar-refractivity contribution in [2.24, 2.45) is 5.92 Å². The third-order valence-corrected chi connectivity index (χ3v) is 5.22. The number of nitrogens with one attached hydrogen (secondary N) is 1. The van der Waals surface area contributed by atoms with E-state index >= 15 is 0 Å². The van der Waals surface area contributed by atoms with Gasteiger partial charge in [-0.25, -0.2) is 0 Å². The topological polar surface area (TPSA) is 49.4 Å². The summed E-state index contributed by atoms with van der Waals surface area (Å²) < 4.78 is 0. The Balaban J connectivity index is 1.70. The summed E-state index contributed by atoms with van der Waals surface area (Å²) in [4.78, 5) is 26.6. The van der Waals surface area contributed by atoms with Gasteiger partial charge in [0.2, 0.25) is 11.8 Å².